The average molecular weight is 276 g/mol. The summed E-state index contributed by atoms with van der Waals surface area (Å²) in [7, 11) is 1.63. The molecule has 4 nitrogen and oxygen atoms in total. The van der Waals surface area contributed by atoms with Crippen molar-refractivity contribution in [1.82, 2.24) is 9.97 Å². The Morgan fingerprint density at radius 3 is 2.68 bits per heavy atom. The van der Waals surface area contributed by atoms with E-state index in [-0.39, 0.29) is 5.28 Å². The summed E-state index contributed by atoms with van der Waals surface area (Å²) in [5.41, 5.74) is 1.71. The van der Waals surface area contributed by atoms with Crippen LogP contribution in [0.2, 0.25) is 5.28 Å². The molecule has 0 fully saturated rings. The summed E-state index contributed by atoms with van der Waals surface area (Å²) in [6, 6.07) is 9.45. The molecule has 98 valence electrons. The summed E-state index contributed by atoms with van der Waals surface area (Å²) in [6.45, 7) is 4.27. The number of nitrogens with one attached hydrogen (secondary N) is 1. The van der Waals surface area contributed by atoms with Crippen LogP contribution in [0.1, 0.15) is 0 Å². The second kappa shape index (κ2) is 6.20. The van der Waals surface area contributed by atoms with Crippen LogP contribution in [0.15, 0.2) is 43.0 Å². The van der Waals surface area contributed by atoms with Gasteiger partial charge in [0.2, 0.25) is 5.28 Å². The summed E-state index contributed by atoms with van der Waals surface area (Å²) in [6.07, 6.45) is 1.75. The fourth-order valence-electron chi connectivity index (χ4n) is 1.59. The zero-order valence-corrected chi connectivity index (χ0v) is 11.3. The molecule has 0 aliphatic rings. The summed E-state index contributed by atoms with van der Waals surface area (Å²) < 4.78 is 5.12. The molecule has 0 bridgehead atoms. The standard InChI is InChI=1S/C14H14ClN3O/c1-3-8-16-13-9-12(17-14(15)18-13)10-4-6-11(19-2)7-5-10/h3-7,9H,1,8H2,2H3,(H,16,17,18). The molecule has 0 amide bonds. The first-order valence-electron chi connectivity index (χ1n) is 5.76. The molecular formula is C14H14ClN3O. The van der Waals surface area contributed by atoms with Crippen molar-refractivity contribution in [2.75, 3.05) is 19.0 Å². The molecule has 1 aromatic heterocycles. The Bertz CT molecular complexity index is 569. The van der Waals surface area contributed by atoms with E-state index in [2.05, 4.69) is 21.9 Å². The summed E-state index contributed by atoms with van der Waals surface area (Å²) in [4.78, 5) is 8.32. The molecule has 0 saturated carbocycles. The molecule has 0 spiro atoms. The van der Waals surface area contributed by atoms with Crippen LogP contribution in [0.5, 0.6) is 5.75 Å². The van der Waals surface area contributed by atoms with Gasteiger partial charge in [-0.05, 0) is 35.9 Å². The molecule has 0 radical (unpaired) electrons. The van der Waals surface area contributed by atoms with Crippen LogP contribution in [0.25, 0.3) is 11.3 Å². The average Bonchev–Trinajstić information content (AvgIpc) is 2.44. The normalized spacial score (nSPS) is 10.0. The third-order valence-corrected chi connectivity index (χ3v) is 2.68. The lowest BCUT2D eigenvalue weighted by Gasteiger charge is -2.07. The first-order chi connectivity index (χ1) is 9.22. The molecule has 0 atom stereocenters. The number of methoxy groups -OCH3 is 1. The lowest BCUT2D eigenvalue weighted by molar-refractivity contribution is 0.415. The topological polar surface area (TPSA) is 47.0 Å². The van der Waals surface area contributed by atoms with Gasteiger partial charge in [-0.3, -0.25) is 0 Å². The van der Waals surface area contributed by atoms with Crippen LogP contribution in [0, 0.1) is 0 Å². The third kappa shape index (κ3) is 3.45. The molecule has 0 unspecified atom stereocenters. The first-order valence-corrected chi connectivity index (χ1v) is 6.14. The number of aromatic nitrogens is 2. The van der Waals surface area contributed by atoms with Crippen LogP contribution >= 0.6 is 11.6 Å². The number of anilines is 1. The van der Waals surface area contributed by atoms with Gasteiger partial charge in [0.15, 0.2) is 0 Å². The predicted octanol–water partition coefficient (Wildman–Crippen LogP) is 3.40. The van der Waals surface area contributed by atoms with Crippen molar-refractivity contribution in [2.45, 2.75) is 0 Å². The van der Waals surface area contributed by atoms with Crippen molar-refractivity contribution >= 4 is 17.4 Å². The smallest absolute Gasteiger partial charge is 0.224 e. The monoisotopic (exact) mass is 275 g/mol. The molecule has 2 aromatic rings. The Balaban J connectivity index is 2.31. The van der Waals surface area contributed by atoms with Crippen molar-refractivity contribution in [3.8, 4) is 17.0 Å². The molecule has 5 heteroatoms. The lowest BCUT2D eigenvalue weighted by Crippen LogP contribution is -2.01. The van der Waals surface area contributed by atoms with Crippen molar-refractivity contribution < 1.29 is 4.74 Å². The third-order valence-electron chi connectivity index (χ3n) is 2.51. The van der Waals surface area contributed by atoms with Gasteiger partial charge in [-0.15, -0.1) is 6.58 Å². The summed E-state index contributed by atoms with van der Waals surface area (Å²) in [5, 5.41) is 3.30. The maximum atomic E-state index is 5.92. The highest BCUT2D eigenvalue weighted by atomic mass is 35.5. The van der Waals surface area contributed by atoms with E-state index in [1.807, 2.05) is 30.3 Å². The summed E-state index contributed by atoms with van der Waals surface area (Å²) >= 11 is 5.92. The van der Waals surface area contributed by atoms with E-state index >= 15 is 0 Å². The minimum Gasteiger partial charge on any atom is -0.497 e. The van der Waals surface area contributed by atoms with Crippen molar-refractivity contribution in [3.63, 3.8) is 0 Å². The molecule has 0 aliphatic carbocycles. The number of benzene rings is 1. The largest absolute Gasteiger partial charge is 0.497 e. The van der Waals surface area contributed by atoms with Crippen LogP contribution in [0.3, 0.4) is 0 Å². The van der Waals surface area contributed by atoms with Crippen molar-refractivity contribution in [2.24, 2.45) is 0 Å². The molecule has 1 heterocycles. The fraction of sp³-hybridized carbons (Fsp3) is 0.143. The van der Waals surface area contributed by atoms with Crippen molar-refractivity contribution in [1.29, 1.82) is 0 Å². The van der Waals surface area contributed by atoms with Crippen LogP contribution in [-0.4, -0.2) is 23.6 Å². The number of hydrogen-bond acceptors (Lipinski definition) is 4. The minimum atomic E-state index is 0.208. The second-order valence-electron chi connectivity index (χ2n) is 3.81. The Hall–Kier alpha value is -2.07. The van der Waals surface area contributed by atoms with Crippen LogP contribution in [0.4, 0.5) is 5.82 Å². The zero-order chi connectivity index (χ0) is 13.7. The number of ether oxygens (including phenoxy) is 1. The summed E-state index contributed by atoms with van der Waals surface area (Å²) in [5.74, 6) is 1.47. The van der Waals surface area contributed by atoms with Gasteiger partial charge in [-0.2, -0.15) is 0 Å². The molecule has 19 heavy (non-hydrogen) atoms. The zero-order valence-electron chi connectivity index (χ0n) is 10.6. The van der Waals surface area contributed by atoms with E-state index in [0.717, 1.165) is 17.0 Å². The maximum absolute atomic E-state index is 5.92. The van der Waals surface area contributed by atoms with Gasteiger partial charge in [0.05, 0.1) is 12.8 Å². The predicted molar refractivity (Wildman–Crippen MR) is 77.7 cm³/mol. The molecule has 1 N–H and O–H groups in total. The molecule has 0 saturated heterocycles. The van der Waals surface area contributed by atoms with E-state index < -0.39 is 0 Å². The van der Waals surface area contributed by atoms with Gasteiger partial charge in [0.25, 0.3) is 0 Å². The van der Waals surface area contributed by atoms with Gasteiger partial charge in [0, 0.05) is 18.2 Å². The minimum absolute atomic E-state index is 0.208. The van der Waals surface area contributed by atoms with Gasteiger partial charge >= 0.3 is 0 Å². The quantitative estimate of drug-likeness (QED) is 0.671. The first kappa shape index (κ1) is 13.4. The highest BCUT2D eigenvalue weighted by molar-refractivity contribution is 6.28. The highest BCUT2D eigenvalue weighted by Gasteiger charge is 2.05. The molecule has 1 aromatic carbocycles. The van der Waals surface area contributed by atoms with Crippen LogP contribution in [-0.2, 0) is 0 Å². The van der Waals surface area contributed by atoms with Gasteiger partial charge in [0.1, 0.15) is 11.6 Å². The van der Waals surface area contributed by atoms with Crippen molar-refractivity contribution in [3.05, 3.63) is 48.3 Å². The Kier molecular flexibility index (Phi) is 4.36. The van der Waals surface area contributed by atoms with E-state index in [1.165, 1.54) is 0 Å². The number of nitrogens with zero attached hydrogens (tertiary/aromatic N) is 2. The SMILES string of the molecule is C=CCNc1cc(-c2ccc(OC)cc2)nc(Cl)n1. The van der Waals surface area contributed by atoms with E-state index in [4.69, 9.17) is 16.3 Å². The van der Waals surface area contributed by atoms with Gasteiger partial charge in [-0.25, -0.2) is 9.97 Å². The Labute approximate surface area is 117 Å². The lowest BCUT2D eigenvalue weighted by atomic mass is 10.1. The van der Waals surface area contributed by atoms with Gasteiger partial charge in [-0.1, -0.05) is 6.08 Å². The maximum Gasteiger partial charge on any atom is 0.224 e. The molecule has 0 aliphatic heterocycles. The van der Waals surface area contributed by atoms with Gasteiger partial charge < -0.3 is 10.1 Å². The molecular weight excluding hydrogens is 262 g/mol. The number of hydrogen-bond donors (Lipinski definition) is 1. The fourth-order valence-corrected chi connectivity index (χ4v) is 1.78. The van der Waals surface area contributed by atoms with Crippen LogP contribution < -0.4 is 10.1 Å². The Morgan fingerprint density at radius 1 is 1.32 bits per heavy atom. The van der Waals surface area contributed by atoms with E-state index in [0.29, 0.717) is 12.4 Å². The molecule has 2 rings (SSSR count). The Morgan fingerprint density at radius 2 is 2.05 bits per heavy atom. The number of halogens is 1. The number of rotatable bonds is 5. The van der Waals surface area contributed by atoms with E-state index in [1.54, 1.807) is 13.2 Å². The highest BCUT2D eigenvalue weighted by Crippen LogP contribution is 2.23. The second-order valence-corrected chi connectivity index (χ2v) is 4.14. The van der Waals surface area contributed by atoms with E-state index in [9.17, 15) is 0 Å².